The van der Waals surface area contributed by atoms with Gasteiger partial charge in [-0.15, -0.1) is 0 Å². The van der Waals surface area contributed by atoms with Gasteiger partial charge in [0.2, 0.25) is 0 Å². The van der Waals surface area contributed by atoms with Crippen LogP contribution in [-0.4, -0.2) is 49.5 Å². The van der Waals surface area contributed by atoms with Crippen LogP contribution in [0.4, 0.5) is 0 Å². The van der Waals surface area contributed by atoms with Crippen LogP contribution < -0.4 is 4.74 Å². The second kappa shape index (κ2) is 9.25. The summed E-state index contributed by atoms with van der Waals surface area (Å²) in [5.74, 6) is 1.62. The molecule has 2 rings (SSSR count). The molecule has 1 heterocycles. The summed E-state index contributed by atoms with van der Waals surface area (Å²) in [5.41, 5.74) is 0. The lowest BCUT2D eigenvalue weighted by Gasteiger charge is -2.20. The van der Waals surface area contributed by atoms with E-state index in [-0.39, 0.29) is 6.61 Å². The van der Waals surface area contributed by atoms with Crippen molar-refractivity contribution in [3.8, 4) is 5.75 Å². The highest BCUT2D eigenvalue weighted by atomic mass is 16.5. The summed E-state index contributed by atoms with van der Waals surface area (Å²) in [4.78, 5) is 2.02. The summed E-state index contributed by atoms with van der Waals surface area (Å²) in [6.07, 6.45) is 1.08. The highest BCUT2D eigenvalue weighted by Gasteiger charge is 2.09. The Balaban J connectivity index is 1.54. The Kier molecular flexibility index (Phi) is 6.96. The molecular weight excluding hydrogens is 282 g/mol. The van der Waals surface area contributed by atoms with Gasteiger partial charge in [0.15, 0.2) is 0 Å². The number of aliphatic hydroxyl groups is 1. The van der Waals surface area contributed by atoms with Crippen molar-refractivity contribution >= 4 is 0 Å². The number of para-hydroxylation sites is 1. The van der Waals surface area contributed by atoms with Gasteiger partial charge in [-0.3, -0.25) is 0 Å². The smallest absolute Gasteiger partial charge is 0.129 e. The first-order valence-corrected chi connectivity index (χ1v) is 7.38. The standard InChI is InChI=1S/C17H23NO4/c1-18(9-11-22-16-6-3-2-4-7-16)12-15(19)13-20-14-17-8-5-10-21-17/h2-8,10,15,19H,9,11-14H2,1H3. The maximum Gasteiger partial charge on any atom is 0.129 e. The van der Waals surface area contributed by atoms with Gasteiger partial charge in [-0.25, -0.2) is 0 Å². The Morgan fingerprint density at radius 1 is 1.18 bits per heavy atom. The molecule has 0 saturated heterocycles. The third kappa shape index (κ3) is 6.30. The molecule has 0 aliphatic heterocycles. The lowest BCUT2D eigenvalue weighted by molar-refractivity contribution is 0.00741. The largest absolute Gasteiger partial charge is 0.492 e. The van der Waals surface area contributed by atoms with Crippen molar-refractivity contribution < 1.29 is 19.0 Å². The van der Waals surface area contributed by atoms with Gasteiger partial charge in [-0.05, 0) is 31.3 Å². The topological polar surface area (TPSA) is 55.1 Å². The molecule has 5 nitrogen and oxygen atoms in total. The average molecular weight is 305 g/mol. The van der Waals surface area contributed by atoms with E-state index in [1.807, 2.05) is 54.4 Å². The molecule has 0 amide bonds. The highest BCUT2D eigenvalue weighted by molar-refractivity contribution is 5.20. The quantitative estimate of drug-likeness (QED) is 0.729. The first-order chi connectivity index (χ1) is 10.7. The molecule has 0 aliphatic rings. The molecule has 5 heteroatoms. The van der Waals surface area contributed by atoms with Crippen LogP contribution in [0.25, 0.3) is 0 Å². The van der Waals surface area contributed by atoms with Crippen molar-refractivity contribution in [3.63, 3.8) is 0 Å². The molecule has 0 fully saturated rings. The van der Waals surface area contributed by atoms with Crippen LogP contribution in [0.15, 0.2) is 53.1 Å². The molecule has 1 aromatic heterocycles. The SMILES string of the molecule is CN(CCOc1ccccc1)CC(O)COCc1ccco1. The van der Waals surface area contributed by atoms with Gasteiger partial charge in [-0.2, -0.15) is 0 Å². The van der Waals surface area contributed by atoms with Gasteiger partial charge in [0, 0.05) is 13.1 Å². The normalized spacial score (nSPS) is 12.5. The molecule has 1 atom stereocenters. The number of furan rings is 1. The van der Waals surface area contributed by atoms with Gasteiger partial charge in [0.05, 0.1) is 19.0 Å². The molecular formula is C17H23NO4. The zero-order chi connectivity index (χ0) is 15.6. The van der Waals surface area contributed by atoms with E-state index >= 15 is 0 Å². The number of rotatable bonds is 10. The Hall–Kier alpha value is -1.82. The molecule has 0 spiro atoms. The fourth-order valence-electron chi connectivity index (χ4n) is 2.03. The van der Waals surface area contributed by atoms with Crippen molar-refractivity contribution in [1.29, 1.82) is 0 Å². The number of benzene rings is 1. The predicted octanol–water partition coefficient (Wildman–Crippen LogP) is 2.17. The molecule has 0 aliphatic carbocycles. The van der Waals surface area contributed by atoms with Gasteiger partial charge >= 0.3 is 0 Å². The zero-order valence-electron chi connectivity index (χ0n) is 12.9. The number of aliphatic hydroxyl groups excluding tert-OH is 1. The zero-order valence-corrected chi connectivity index (χ0v) is 12.9. The van der Waals surface area contributed by atoms with Crippen LogP contribution in [0.2, 0.25) is 0 Å². The Morgan fingerprint density at radius 2 is 2.00 bits per heavy atom. The molecule has 0 radical (unpaired) electrons. The van der Waals surface area contributed by atoms with Crippen LogP contribution in [0.3, 0.4) is 0 Å². The number of nitrogens with zero attached hydrogens (tertiary/aromatic N) is 1. The van der Waals surface area contributed by atoms with Crippen molar-refractivity contribution in [2.24, 2.45) is 0 Å². The summed E-state index contributed by atoms with van der Waals surface area (Å²) in [6, 6.07) is 13.4. The van der Waals surface area contributed by atoms with Crippen molar-refractivity contribution in [1.82, 2.24) is 4.90 Å². The molecule has 120 valence electrons. The van der Waals surface area contributed by atoms with E-state index in [0.29, 0.717) is 19.8 Å². The second-order valence-corrected chi connectivity index (χ2v) is 5.17. The van der Waals surface area contributed by atoms with E-state index < -0.39 is 6.10 Å². The lowest BCUT2D eigenvalue weighted by Crippen LogP contribution is -2.34. The highest BCUT2D eigenvalue weighted by Crippen LogP contribution is 2.08. The summed E-state index contributed by atoms with van der Waals surface area (Å²) < 4.78 is 16.2. The summed E-state index contributed by atoms with van der Waals surface area (Å²) in [5, 5.41) is 9.93. The minimum Gasteiger partial charge on any atom is -0.492 e. The maximum absolute atomic E-state index is 9.93. The monoisotopic (exact) mass is 305 g/mol. The van der Waals surface area contributed by atoms with E-state index in [1.165, 1.54) is 0 Å². The molecule has 1 aromatic carbocycles. The van der Waals surface area contributed by atoms with Crippen molar-refractivity contribution in [3.05, 3.63) is 54.5 Å². The van der Waals surface area contributed by atoms with E-state index in [2.05, 4.69) is 0 Å². The maximum atomic E-state index is 9.93. The fraction of sp³-hybridized carbons (Fsp3) is 0.412. The first-order valence-electron chi connectivity index (χ1n) is 7.38. The van der Waals surface area contributed by atoms with Gasteiger partial charge < -0.3 is 23.9 Å². The summed E-state index contributed by atoms with van der Waals surface area (Å²) in [7, 11) is 1.95. The van der Waals surface area contributed by atoms with Crippen molar-refractivity contribution in [2.75, 3.05) is 33.4 Å². The molecule has 2 aromatic rings. The van der Waals surface area contributed by atoms with Crippen LogP contribution in [-0.2, 0) is 11.3 Å². The minimum atomic E-state index is -0.531. The Labute approximate surface area is 131 Å². The minimum absolute atomic E-state index is 0.282. The van der Waals surface area contributed by atoms with Gasteiger partial charge in [-0.1, -0.05) is 18.2 Å². The van der Waals surface area contributed by atoms with Crippen LogP contribution in [0.5, 0.6) is 5.75 Å². The number of hydrogen-bond acceptors (Lipinski definition) is 5. The number of hydrogen-bond donors (Lipinski definition) is 1. The lowest BCUT2D eigenvalue weighted by atomic mass is 10.3. The van der Waals surface area contributed by atoms with E-state index in [9.17, 15) is 5.11 Å². The van der Waals surface area contributed by atoms with Gasteiger partial charge in [0.1, 0.15) is 24.7 Å². The number of ether oxygens (including phenoxy) is 2. The van der Waals surface area contributed by atoms with E-state index in [0.717, 1.165) is 18.1 Å². The number of likely N-dealkylation sites (N-methyl/N-ethyl adjacent to an activating group) is 1. The Bertz CT molecular complexity index is 501. The molecule has 22 heavy (non-hydrogen) atoms. The third-order valence-electron chi connectivity index (χ3n) is 3.14. The molecule has 1 N–H and O–H groups in total. The van der Waals surface area contributed by atoms with Crippen molar-refractivity contribution in [2.45, 2.75) is 12.7 Å². The third-order valence-corrected chi connectivity index (χ3v) is 3.14. The van der Waals surface area contributed by atoms with E-state index in [4.69, 9.17) is 13.9 Å². The summed E-state index contributed by atoms with van der Waals surface area (Å²) in [6.45, 7) is 2.52. The predicted molar refractivity (Wildman–Crippen MR) is 83.8 cm³/mol. The van der Waals surface area contributed by atoms with E-state index in [1.54, 1.807) is 6.26 Å². The van der Waals surface area contributed by atoms with Gasteiger partial charge in [0.25, 0.3) is 0 Å². The van der Waals surface area contributed by atoms with Crippen LogP contribution in [0.1, 0.15) is 5.76 Å². The average Bonchev–Trinajstić information content (AvgIpc) is 3.01. The Morgan fingerprint density at radius 3 is 2.73 bits per heavy atom. The van der Waals surface area contributed by atoms with Crippen LogP contribution in [0, 0.1) is 0 Å². The molecule has 1 unspecified atom stereocenters. The second-order valence-electron chi connectivity index (χ2n) is 5.17. The molecule has 0 saturated carbocycles. The molecule has 0 bridgehead atoms. The van der Waals surface area contributed by atoms with Crippen LogP contribution >= 0.6 is 0 Å². The fourth-order valence-corrected chi connectivity index (χ4v) is 2.03. The first kappa shape index (κ1) is 16.5. The summed E-state index contributed by atoms with van der Waals surface area (Å²) >= 11 is 0.